The molecule has 3 amide bonds. The number of unbranched alkanes of at least 4 members (excludes halogenated alkanes) is 1. The summed E-state index contributed by atoms with van der Waals surface area (Å²) in [6.45, 7) is 2.96. The van der Waals surface area contributed by atoms with Crippen LogP contribution in [0.5, 0.6) is 0 Å². The Kier molecular flexibility index (Phi) is 13.8. The molecule has 13 heteroatoms. The number of rotatable bonds is 16. The molecule has 0 spiro atoms. The van der Waals surface area contributed by atoms with Gasteiger partial charge < -0.3 is 42.7 Å². The first-order valence-electron chi connectivity index (χ1n) is 10.4. The fourth-order valence-corrected chi connectivity index (χ4v) is 2.72. The van der Waals surface area contributed by atoms with Crippen LogP contribution in [0.2, 0.25) is 0 Å². The molecule has 0 aromatic heterocycles. The van der Waals surface area contributed by atoms with E-state index < -0.39 is 72.8 Å². The van der Waals surface area contributed by atoms with Crippen LogP contribution in [0, 0.1) is 5.92 Å². The van der Waals surface area contributed by atoms with Crippen LogP contribution < -0.4 is 27.4 Å². The van der Waals surface area contributed by atoms with Crippen LogP contribution in [0.25, 0.3) is 0 Å². The van der Waals surface area contributed by atoms with Crippen LogP contribution in [-0.4, -0.2) is 82.3 Å². The van der Waals surface area contributed by atoms with E-state index in [2.05, 4.69) is 16.0 Å². The molecule has 0 aromatic carbocycles. The van der Waals surface area contributed by atoms with Gasteiger partial charge in [0.05, 0.1) is 19.1 Å². The number of aliphatic hydroxyl groups excluding tert-OH is 1. The van der Waals surface area contributed by atoms with E-state index in [4.69, 9.17) is 16.6 Å². The van der Waals surface area contributed by atoms with E-state index >= 15 is 0 Å². The van der Waals surface area contributed by atoms with Crippen LogP contribution in [0.3, 0.4) is 0 Å². The Labute approximate surface area is 186 Å². The summed E-state index contributed by atoms with van der Waals surface area (Å²) in [5, 5.41) is 34.5. The predicted octanol–water partition coefficient (Wildman–Crippen LogP) is -2.51. The number of hydrogen-bond acceptors (Lipinski definition) is 8. The summed E-state index contributed by atoms with van der Waals surface area (Å²) in [6, 6.07) is -5.23. The molecule has 0 saturated heterocycles. The van der Waals surface area contributed by atoms with E-state index in [9.17, 15) is 34.2 Å². The third kappa shape index (κ3) is 10.5. The number of carbonyl (C=O) groups excluding carboxylic acids is 3. The van der Waals surface area contributed by atoms with Crippen molar-refractivity contribution in [2.45, 2.75) is 70.1 Å². The molecular formula is C19H35N5O8. The third-order valence-electron chi connectivity index (χ3n) is 4.90. The Morgan fingerprint density at radius 3 is 1.97 bits per heavy atom. The highest BCUT2D eigenvalue weighted by Crippen LogP contribution is 2.09. The SMILES string of the molecule is CCC(C)C(NC(=O)C(N)CC(=O)O)C(=O)NC(CO)C(=O)NC(CCCCN)C(=O)O. The van der Waals surface area contributed by atoms with Crippen molar-refractivity contribution in [3.63, 3.8) is 0 Å². The molecular weight excluding hydrogens is 426 g/mol. The minimum Gasteiger partial charge on any atom is -0.481 e. The average molecular weight is 462 g/mol. The summed E-state index contributed by atoms with van der Waals surface area (Å²) in [5.74, 6) is -5.54. The van der Waals surface area contributed by atoms with Gasteiger partial charge in [-0.1, -0.05) is 20.3 Å². The molecule has 0 fully saturated rings. The number of carbonyl (C=O) groups is 5. The van der Waals surface area contributed by atoms with Gasteiger partial charge in [0.1, 0.15) is 18.1 Å². The van der Waals surface area contributed by atoms with Gasteiger partial charge in [0, 0.05) is 0 Å². The van der Waals surface area contributed by atoms with Crippen molar-refractivity contribution in [2.24, 2.45) is 17.4 Å². The smallest absolute Gasteiger partial charge is 0.326 e. The third-order valence-corrected chi connectivity index (χ3v) is 4.90. The van der Waals surface area contributed by atoms with Crippen molar-refractivity contribution in [2.75, 3.05) is 13.2 Å². The van der Waals surface area contributed by atoms with E-state index in [0.29, 0.717) is 25.8 Å². The number of amides is 3. The molecule has 0 aliphatic rings. The Bertz CT molecular complexity index is 660. The highest BCUT2D eigenvalue weighted by atomic mass is 16.4. The number of carboxylic acid groups (broad SMARTS) is 2. The highest BCUT2D eigenvalue weighted by molar-refractivity contribution is 5.94. The summed E-state index contributed by atoms with van der Waals surface area (Å²) in [7, 11) is 0. The number of nitrogens with two attached hydrogens (primary N) is 2. The van der Waals surface area contributed by atoms with Gasteiger partial charge in [0.15, 0.2) is 0 Å². The van der Waals surface area contributed by atoms with E-state index in [1.54, 1.807) is 13.8 Å². The lowest BCUT2D eigenvalue weighted by molar-refractivity contribution is -0.143. The topological polar surface area (TPSA) is 234 Å². The van der Waals surface area contributed by atoms with E-state index in [1.165, 1.54) is 0 Å². The van der Waals surface area contributed by atoms with Gasteiger partial charge in [-0.05, 0) is 31.7 Å². The van der Waals surface area contributed by atoms with Crippen molar-refractivity contribution < 1.29 is 39.3 Å². The van der Waals surface area contributed by atoms with Crippen molar-refractivity contribution in [1.29, 1.82) is 0 Å². The van der Waals surface area contributed by atoms with E-state index in [-0.39, 0.29) is 6.42 Å². The Balaban J connectivity index is 5.24. The zero-order valence-corrected chi connectivity index (χ0v) is 18.4. The van der Waals surface area contributed by atoms with Crippen LogP contribution in [0.1, 0.15) is 46.0 Å². The molecule has 5 unspecified atom stereocenters. The minimum atomic E-state index is -1.46. The second kappa shape index (κ2) is 15.1. The normalized spacial score (nSPS) is 15.5. The van der Waals surface area contributed by atoms with Crippen LogP contribution >= 0.6 is 0 Å². The lowest BCUT2D eigenvalue weighted by Gasteiger charge is -2.27. The van der Waals surface area contributed by atoms with Gasteiger partial charge in [0.2, 0.25) is 17.7 Å². The Morgan fingerprint density at radius 1 is 0.906 bits per heavy atom. The molecule has 10 N–H and O–H groups in total. The predicted molar refractivity (Wildman–Crippen MR) is 113 cm³/mol. The number of carboxylic acids is 2. The number of nitrogens with one attached hydrogen (secondary N) is 3. The van der Waals surface area contributed by atoms with E-state index in [0.717, 1.165) is 0 Å². The van der Waals surface area contributed by atoms with Crippen molar-refractivity contribution in [1.82, 2.24) is 16.0 Å². The molecule has 0 heterocycles. The quantitative estimate of drug-likeness (QED) is 0.112. The maximum atomic E-state index is 12.7. The lowest BCUT2D eigenvalue weighted by Crippen LogP contribution is -2.59. The Hall–Kier alpha value is -2.77. The second-order valence-electron chi connectivity index (χ2n) is 7.50. The van der Waals surface area contributed by atoms with Crippen molar-refractivity contribution in [3.8, 4) is 0 Å². The van der Waals surface area contributed by atoms with E-state index in [1.807, 2.05) is 0 Å². The first-order chi connectivity index (χ1) is 15.0. The fourth-order valence-electron chi connectivity index (χ4n) is 2.72. The molecule has 5 atom stereocenters. The van der Waals surface area contributed by atoms with Crippen LogP contribution in [-0.2, 0) is 24.0 Å². The fraction of sp³-hybridized carbons (Fsp3) is 0.737. The summed E-state index contributed by atoms with van der Waals surface area (Å²) < 4.78 is 0. The standard InChI is InChI=1S/C19H35N5O8/c1-3-10(2)15(24-16(28)11(21)8-14(26)27)18(30)23-13(9-25)17(29)22-12(19(31)32)6-4-5-7-20/h10-13,15,25H,3-9,20-21H2,1-2H3,(H,22,29)(H,23,30)(H,24,28)(H,26,27)(H,31,32). The minimum absolute atomic E-state index is 0.122. The van der Waals surface area contributed by atoms with Crippen LogP contribution in [0.15, 0.2) is 0 Å². The highest BCUT2D eigenvalue weighted by Gasteiger charge is 2.32. The number of aliphatic carboxylic acids is 2. The summed E-state index contributed by atoms with van der Waals surface area (Å²) >= 11 is 0. The average Bonchev–Trinajstić information content (AvgIpc) is 2.73. The molecule has 0 rings (SSSR count). The molecule has 184 valence electrons. The Morgan fingerprint density at radius 2 is 1.50 bits per heavy atom. The summed E-state index contributed by atoms with van der Waals surface area (Å²) in [5.41, 5.74) is 10.9. The molecule has 0 saturated carbocycles. The van der Waals surface area contributed by atoms with Gasteiger partial charge in [-0.15, -0.1) is 0 Å². The molecule has 0 radical (unpaired) electrons. The monoisotopic (exact) mass is 461 g/mol. The molecule has 0 aliphatic carbocycles. The lowest BCUT2D eigenvalue weighted by atomic mass is 9.97. The second-order valence-corrected chi connectivity index (χ2v) is 7.50. The maximum Gasteiger partial charge on any atom is 0.326 e. The van der Waals surface area contributed by atoms with Gasteiger partial charge >= 0.3 is 11.9 Å². The van der Waals surface area contributed by atoms with Crippen molar-refractivity contribution in [3.05, 3.63) is 0 Å². The van der Waals surface area contributed by atoms with Gasteiger partial charge in [-0.2, -0.15) is 0 Å². The zero-order valence-electron chi connectivity index (χ0n) is 18.4. The maximum absolute atomic E-state index is 12.7. The van der Waals surface area contributed by atoms with Gasteiger partial charge in [-0.25, -0.2) is 4.79 Å². The largest absolute Gasteiger partial charge is 0.481 e. The molecule has 13 nitrogen and oxygen atoms in total. The zero-order chi connectivity index (χ0) is 24.8. The van der Waals surface area contributed by atoms with Gasteiger partial charge in [0.25, 0.3) is 0 Å². The summed E-state index contributed by atoms with van der Waals surface area (Å²) in [4.78, 5) is 59.4. The van der Waals surface area contributed by atoms with Gasteiger partial charge in [-0.3, -0.25) is 19.2 Å². The number of aliphatic hydroxyl groups is 1. The molecule has 0 aliphatic heterocycles. The summed E-state index contributed by atoms with van der Waals surface area (Å²) in [6.07, 6.45) is 0.966. The molecule has 0 bridgehead atoms. The van der Waals surface area contributed by atoms with Crippen LogP contribution in [0.4, 0.5) is 0 Å². The van der Waals surface area contributed by atoms with Crippen molar-refractivity contribution >= 4 is 29.7 Å². The first-order valence-corrected chi connectivity index (χ1v) is 10.4. The first kappa shape index (κ1) is 29.2. The number of hydrogen-bond donors (Lipinski definition) is 8. The molecule has 0 aromatic rings. The molecule has 32 heavy (non-hydrogen) atoms.